The molecule has 35 heavy (non-hydrogen) atoms. The minimum atomic E-state index is -1.03. The molecule has 2 saturated heterocycles. The van der Waals surface area contributed by atoms with Crippen molar-refractivity contribution in [2.75, 3.05) is 26.2 Å². The third kappa shape index (κ3) is 4.75. The monoisotopic (exact) mass is 484 g/mol. The molecular formula is C29H38F2N2O2. The van der Waals surface area contributed by atoms with Crippen molar-refractivity contribution in [3.63, 3.8) is 0 Å². The van der Waals surface area contributed by atoms with Crippen LogP contribution in [-0.4, -0.2) is 52.5 Å². The SMILES string of the molecule is Cc1ccc(C2(O)C(C)CN(C(=O)[C@@H]3CN(C(C)(C)C)C[C@H]3c3ccc(F)cc3F)CC2C)cc1. The van der Waals surface area contributed by atoms with Crippen molar-refractivity contribution in [3.05, 3.63) is 70.8 Å². The molecule has 2 aliphatic rings. The van der Waals surface area contributed by atoms with Crippen LogP contribution in [0.5, 0.6) is 0 Å². The van der Waals surface area contributed by atoms with E-state index in [1.54, 1.807) is 0 Å². The highest BCUT2D eigenvalue weighted by Gasteiger charge is 2.50. The Morgan fingerprint density at radius 1 is 0.971 bits per heavy atom. The first kappa shape index (κ1) is 25.8. The van der Waals surface area contributed by atoms with Gasteiger partial charge in [0.15, 0.2) is 0 Å². The van der Waals surface area contributed by atoms with Gasteiger partial charge >= 0.3 is 0 Å². The van der Waals surface area contributed by atoms with E-state index < -0.39 is 23.2 Å². The zero-order valence-electron chi connectivity index (χ0n) is 21.7. The van der Waals surface area contributed by atoms with Gasteiger partial charge in [-0.1, -0.05) is 49.7 Å². The maximum atomic E-state index is 14.8. The van der Waals surface area contributed by atoms with Crippen molar-refractivity contribution in [2.24, 2.45) is 17.8 Å². The summed E-state index contributed by atoms with van der Waals surface area (Å²) in [7, 11) is 0. The minimum absolute atomic E-state index is 0.0184. The number of hydrogen-bond donors (Lipinski definition) is 1. The quantitative estimate of drug-likeness (QED) is 0.660. The van der Waals surface area contributed by atoms with Gasteiger partial charge in [0.2, 0.25) is 5.91 Å². The van der Waals surface area contributed by atoms with Gasteiger partial charge in [0.25, 0.3) is 0 Å². The molecular weight excluding hydrogens is 446 g/mol. The summed E-state index contributed by atoms with van der Waals surface area (Å²) in [6, 6.07) is 11.6. The van der Waals surface area contributed by atoms with E-state index in [1.165, 1.54) is 12.1 Å². The smallest absolute Gasteiger partial charge is 0.227 e. The molecule has 4 rings (SSSR count). The van der Waals surface area contributed by atoms with Crippen LogP contribution >= 0.6 is 0 Å². The second kappa shape index (κ2) is 9.29. The van der Waals surface area contributed by atoms with Crippen molar-refractivity contribution in [1.29, 1.82) is 0 Å². The first-order chi connectivity index (χ1) is 16.3. The maximum Gasteiger partial charge on any atom is 0.227 e. The number of hydrogen-bond acceptors (Lipinski definition) is 3. The molecule has 0 radical (unpaired) electrons. The summed E-state index contributed by atoms with van der Waals surface area (Å²) < 4.78 is 28.4. The van der Waals surface area contributed by atoms with E-state index in [1.807, 2.05) is 49.9 Å². The molecule has 1 N–H and O–H groups in total. The third-order valence-electron chi connectivity index (χ3n) is 8.26. The summed E-state index contributed by atoms with van der Waals surface area (Å²) in [6.45, 7) is 14.2. The highest BCUT2D eigenvalue weighted by atomic mass is 19.1. The Morgan fingerprint density at radius 2 is 1.57 bits per heavy atom. The van der Waals surface area contributed by atoms with Crippen molar-refractivity contribution < 1.29 is 18.7 Å². The Hall–Kier alpha value is -2.31. The number of nitrogens with zero attached hydrogens (tertiary/aromatic N) is 2. The fraction of sp³-hybridized carbons (Fsp3) is 0.552. The Kier molecular flexibility index (Phi) is 6.84. The predicted molar refractivity (Wildman–Crippen MR) is 134 cm³/mol. The van der Waals surface area contributed by atoms with E-state index in [0.717, 1.165) is 17.2 Å². The van der Waals surface area contributed by atoms with Crippen LogP contribution in [0.15, 0.2) is 42.5 Å². The van der Waals surface area contributed by atoms with Crippen LogP contribution in [0.25, 0.3) is 0 Å². The number of aliphatic hydroxyl groups is 1. The van der Waals surface area contributed by atoms with Crippen LogP contribution in [0.3, 0.4) is 0 Å². The lowest BCUT2D eigenvalue weighted by Gasteiger charge is -2.48. The summed E-state index contributed by atoms with van der Waals surface area (Å²) in [5.74, 6) is -2.36. The second-order valence-corrected chi connectivity index (χ2v) is 11.7. The average molecular weight is 485 g/mol. The molecule has 0 aromatic heterocycles. The van der Waals surface area contributed by atoms with Crippen molar-refractivity contribution in [3.8, 4) is 0 Å². The number of benzene rings is 2. The highest BCUT2D eigenvalue weighted by molar-refractivity contribution is 5.81. The molecule has 2 unspecified atom stereocenters. The topological polar surface area (TPSA) is 43.8 Å². The fourth-order valence-corrected chi connectivity index (χ4v) is 6.02. The molecule has 0 spiro atoms. The highest BCUT2D eigenvalue weighted by Crippen LogP contribution is 2.44. The van der Waals surface area contributed by atoms with Crippen LogP contribution in [0.4, 0.5) is 8.78 Å². The number of carbonyl (C=O) groups excluding carboxylic acids is 1. The van der Waals surface area contributed by atoms with Crippen LogP contribution in [0, 0.1) is 36.3 Å². The van der Waals surface area contributed by atoms with Gasteiger partial charge < -0.3 is 10.0 Å². The molecule has 6 heteroatoms. The summed E-state index contributed by atoms with van der Waals surface area (Å²) in [5, 5.41) is 11.7. The number of amides is 1. The molecule has 1 amide bonds. The van der Waals surface area contributed by atoms with Crippen molar-refractivity contribution in [1.82, 2.24) is 9.80 Å². The normalized spacial score (nSPS) is 30.0. The molecule has 2 aromatic rings. The molecule has 2 fully saturated rings. The number of likely N-dealkylation sites (tertiary alicyclic amines) is 2. The van der Waals surface area contributed by atoms with Gasteiger partial charge in [-0.05, 0) is 44.9 Å². The first-order valence-electron chi connectivity index (χ1n) is 12.6. The molecule has 2 heterocycles. The summed E-state index contributed by atoms with van der Waals surface area (Å²) in [5.41, 5.74) is 1.19. The van der Waals surface area contributed by atoms with Crippen LogP contribution in [0.2, 0.25) is 0 Å². The summed E-state index contributed by atoms with van der Waals surface area (Å²) in [6.07, 6.45) is 0. The average Bonchev–Trinajstić information content (AvgIpc) is 3.23. The van der Waals surface area contributed by atoms with Gasteiger partial charge in [-0.2, -0.15) is 0 Å². The van der Waals surface area contributed by atoms with E-state index in [-0.39, 0.29) is 29.2 Å². The van der Waals surface area contributed by atoms with Gasteiger partial charge in [0.1, 0.15) is 11.6 Å². The van der Waals surface area contributed by atoms with Crippen LogP contribution in [-0.2, 0) is 10.4 Å². The molecule has 2 aromatic carbocycles. The van der Waals surface area contributed by atoms with Crippen molar-refractivity contribution >= 4 is 5.91 Å². The van der Waals surface area contributed by atoms with E-state index in [4.69, 9.17) is 0 Å². The summed E-state index contributed by atoms with van der Waals surface area (Å²) in [4.78, 5) is 18.0. The zero-order valence-corrected chi connectivity index (χ0v) is 21.7. The molecule has 0 aliphatic carbocycles. The fourth-order valence-electron chi connectivity index (χ4n) is 6.02. The first-order valence-corrected chi connectivity index (χ1v) is 12.6. The molecule has 190 valence electrons. The number of aryl methyl sites for hydroxylation is 1. The second-order valence-electron chi connectivity index (χ2n) is 11.7. The standard InChI is InChI=1S/C29H38F2N2O2/c1-18-7-9-21(10-8-18)29(35)19(2)14-32(15-20(29)3)27(34)25-17-33(28(4,5)6)16-24(25)23-12-11-22(30)13-26(23)31/h7-13,19-20,24-25,35H,14-17H2,1-6H3/t19?,20?,24-,25+,29?/m0/s1. The van der Waals surface area contributed by atoms with Gasteiger partial charge in [-0.25, -0.2) is 8.78 Å². The Morgan fingerprint density at radius 3 is 2.11 bits per heavy atom. The third-order valence-corrected chi connectivity index (χ3v) is 8.26. The largest absolute Gasteiger partial charge is 0.384 e. The molecule has 4 atom stereocenters. The molecule has 0 bridgehead atoms. The number of rotatable bonds is 3. The van der Waals surface area contributed by atoms with Crippen molar-refractivity contribution in [2.45, 2.75) is 58.6 Å². The minimum Gasteiger partial charge on any atom is -0.384 e. The van der Waals surface area contributed by atoms with E-state index in [0.29, 0.717) is 31.7 Å². The van der Waals surface area contributed by atoms with Gasteiger partial charge in [-0.3, -0.25) is 9.69 Å². The van der Waals surface area contributed by atoms with E-state index >= 15 is 0 Å². The van der Waals surface area contributed by atoms with E-state index in [9.17, 15) is 18.7 Å². The number of halogens is 2. The number of piperidine rings is 1. The maximum absolute atomic E-state index is 14.8. The lowest BCUT2D eigenvalue weighted by Crippen LogP contribution is -2.57. The lowest BCUT2D eigenvalue weighted by molar-refractivity contribution is -0.152. The van der Waals surface area contributed by atoms with E-state index in [2.05, 4.69) is 25.7 Å². The van der Waals surface area contributed by atoms with Gasteiger partial charge in [-0.15, -0.1) is 0 Å². The molecule has 2 aliphatic heterocycles. The lowest BCUT2D eigenvalue weighted by atomic mass is 9.70. The Balaban J connectivity index is 1.61. The Labute approximate surface area is 207 Å². The predicted octanol–water partition coefficient (Wildman–Crippen LogP) is 5.09. The van der Waals surface area contributed by atoms with Crippen LogP contribution in [0.1, 0.15) is 57.2 Å². The van der Waals surface area contributed by atoms with Gasteiger partial charge in [0, 0.05) is 55.5 Å². The van der Waals surface area contributed by atoms with Crippen LogP contribution < -0.4 is 0 Å². The molecule has 4 nitrogen and oxygen atoms in total. The number of carbonyl (C=O) groups is 1. The zero-order chi connectivity index (χ0) is 25.7. The van der Waals surface area contributed by atoms with Gasteiger partial charge in [0.05, 0.1) is 11.5 Å². The summed E-state index contributed by atoms with van der Waals surface area (Å²) >= 11 is 0. The Bertz CT molecular complexity index is 1070. The molecule has 0 saturated carbocycles.